The van der Waals surface area contributed by atoms with Crippen LogP contribution in [-0.4, -0.2) is 50.1 Å². The molecule has 0 saturated carbocycles. The molecule has 0 fully saturated rings. The van der Waals surface area contributed by atoms with Crippen LogP contribution in [0.2, 0.25) is 0 Å². The van der Waals surface area contributed by atoms with Gasteiger partial charge in [0.25, 0.3) is 0 Å². The van der Waals surface area contributed by atoms with Gasteiger partial charge in [-0.15, -0.1) is 0 Å². The monoisotopic (exact) mass is 466 g/mol. The van der Waals surface area contributed by atoms with E-state index in [0.717, 1.165) is 32.4 Å². The zero-order chi connectivity index (χ0) is 24.4. The van der Waals surface area contributed by atoms with Crippen molar-refractivity contribution in [2.75, 3.05) is 14.2 Å². The Hall–Kier alpha value is -2.73. The second kappa shape index (κ2) is 8.79. The highest BCUT2D eigenvalue weighted by atomic mass is 19.4. The van der Waals surface area contributed by atoms with Crippen LogP contribution in [0.3, 0.4) is 0 Å². The minimum absolute atomic E-state index is 0.0447. The minimum Gasteiger partial charge on any atom is -0.465 e. The van der Waals surface area contributed by atoms with Gasteiger partial charge >= 0.3 is 35.9 Å². The van der Waals surface area contributed by atoms with E-state index >= 15 is 0 Å². The first-order valence-corrected chi connectivity index (χ1v) is 8.14. The van der Waals surface area contributed by atoms with Crippen LogP contribution in [0.25, 0.3) is 6.08 Å². The predicted molar refractivity (Wildman–Crippen MR) is 88.4 cm³/mol. The Morgan fingerprint density at radius 1 is 0.871 bits per heavy atom. The fourth-order valence-electron chi connectivity index (χ4n) is 2.48. The first-order chi connectivity index (χ1) is 14.0. The van der Waals surface area contributed by atoms with Gasteiger partial charge in [-0.2, -0.15) is 39.5 Å². The van der Waals surface area contributed by atoms with E-state index < -0.39 is 59.9 Å². The summed E-state index contributed by atoms with van der Waals surface area (Å²) >= 11 is 0. The number of hydrogen-bond donors (Lipinski definition) is 0. The largest absolute Gasteiger partial charge is 0.465 e. The summed E-state index contributed by atoms with van der Waals surface area (Å²) in [7, 11) is 1.82. The fourth-order valence-corrected chi connectivity index (χ4v) is 2.48. The molecule has 0 spiro atoms. The van der Waals surface area contributed by atoms with Crippen molar-refractivity contribution in [2.24, 2.45) is 0 Å². The van der Waals surface area contributed by atoms with Crippen molar-refractivity contribution in [1.82, 2.24) is 0 Å². The molecule has 0 aliphatic heterocycles. The van der Waals surface area contributed by atoms with Crippen LogP contribution in [0.1, 0.15) is 38.3 Å². The molecule has 0 saturated heterocycles. The van der Waals surface area contributed by atoms with Crippen molar-refractivity contribution in [3.05, 3.63) is 41.0 Å². The summed E-state index contributed by atoms with van der Waals surface area (Å²) in [6.07, 6.45) is -9.39. The van der Waals surface area contributed by atoms with E-state index in [1.165, 1.54) is 0 Å². The van der Waals surface area contributed by atoms with Crippen LogP contribution in [0.5, 0.6) is 0 Å². The molecule has 0 heterocycles. The zero-order valence-corrected chi connectivity index (χ0v) is 15.9. The van der Waals surface area contributed by atoms with Crippen LogP contribution < -0.4 is 0 Å². The smallest absolute Gasteiger partial charge is 0.460 e. The number of aryl methyl sites for hydroxylation is 1. The van der Waals surface area contributed by atoms with Gasteiger partial charge in [0.15, 0.2) is 0 Å². The summed E-state index contributed by atoms with van der Waals surface area (Å²) in [5, 5.41) is 0. The van der Waals surface area contributed by atoms with Gasteiger partial charge in [-0.3, -0.25) is 0 Å². The number of methoxy groups -OCH3 is 2. The Balaban J connectivity index is 3.45. The molecule has 0 bridgehead atoms. The van der Waals surface area contributed by atoms with Gasteiger partial charge in [0.2, 0.25) is 0 Å². The van der Waals surface area contributed by atoms with Crippen molar-refractivity contribution in [3.8, 4) is 0 Å². The number of alkyl halides is 9. The summed E-state index contributed by atoms with van der Waals surface area (Å²) in [6.45, 7) is 3.36. The third-order valence-corrected chi connectivity index (χ3v) is 4.22. The lowest BCUT2D eigenvalue weighted by Gasteiger charge is -2.33. The molecule has 0 atom stereocenters. The fraction of sp³-hybridized carbons (Fsp3) is 0.444. The summed E-state index contributed by atoms with van der Waals surface area (Å²) in [6, 6.07) is 1.69. The van der Waals surface area contributed by atoms with Gasteiger partial charge in [-0.25, -0.2) is 9.59 Å². The molecule has 0 radical (unpaired) electrons. The summed E-state index contributed by atoms with van der Waals surface area (Å²) in [5.41, 5.74) is -1.47. The zero-order valence-electron chi connectivity index (χ0n) is 15.9. The molecule has 0 aliphatic carbocycles. The third-order valence-electron chi connectivity index (χ3n) is 4.22. The molecule has 31 heavy (non-hydrogen) atoms. The first-order valence-electron chi connectivity index (χ1n) is 8.14. The number of esters is 2. The van der Waals surface area contributed by atoms with Crippen LogP contribution in [-0.2, 0) is 15.9 Å². The molecule has 0 N–H and O–H groups in total. The van der Waals surface area contributed by atoms with Crippen molar-refractivity contribution >= 4 is 18.0 Å². The van der Waals surface area contributed by atoms with Crippen molar-refractivity contribution in [3.63, 3.8) is 0 Å². The topological polar surface area (TPSA) is 52.6 Å². The van der Waals surface area contributed by atoms with E-state index in [0.29, 0.717) is 0 Å². The van der Waals surface area contributed by atoms with Crippen LogP contribution >= 0.6 is 0 Å². The molecule has 1 aromatic rings. The molecule has 0 unspecified atom stereocenters. The maximum Gasteiger partial charge on any atom is 0.460 e. The average molecular weight is 466 g/mol. The molecular weight excluding hydrogens is 451 g/mol. The minimum atomic E-state index is -7.03. The molecule has 174 valence electrons. The van der Waals surface area contributed by atoms with Gasteiger partial charge < -0.3 is 9.47 Å². The second-order valence-corrected chi connectivity index (χ2v) is 6.13. The normalized spacial score (nSPS) is 13.0. The van der Waals surface area contributed by atoms with Gasteiger partial charge in [-0.05, 0) is 29.7 Å². The van der Waals surface area contributed by atoms with E-state index in [4.69, 9.17) is 0 Å². The first kappa shape index (κ1) is 26.3. The second-order valence-electron chi connectivity index (χ2n) is 6.13. The molecule has 1 aromatic carbocycles. The SMILES string of the molecule is C=Cc1cc(C(=O)OC)c(CCC(F)(F)C(F)(F)C(F)(F)C(F)(F)F)cc1C(=O)OC. The van der Waals surface area contributed by atoms with Gasteiger partial charge in [0, 0.05) is 6.42 Å². The molecular formula is C18H15F9O4. The number of halogens is 9. The Bertz CT molecular complexity index is 860. The van der Waals surface area contributed by atoms with Gasteiger partial charge in [-0.1, -0.05) is 12.7 Å². The highest BCUT2D eigenvalue weighted by molar-refractivity contribution is 5.98. The molecule has 4 nitrogen and oxygen atoms in total. The number of carbonyl (C=O) groups excluding carboxylic acids is 2. The molecule has 0 aliphatic rings. The summed E-state index contributed by atoms with van der Waals surface area (Å²) in [4.78, 5) is 23.7. The van der Waals surface area contributed by atoms with Crippen molar-refractivity contribution in [1.29, 1.82) is 0 Å². The lowest BCUT2D eigenvalue weighted by molar-refractivity contribution is -0.396. The average Bonchev–Trinajstić information content (AvgIpc) is 2.69. The van der Waals surface area contributed by atoms with E-state index in [-0.39, 0.29) is 11.1 Å². The lowest BCUT2D eigenvalue weighted by Crippen LogP contribution is -2.60. The van der Waals surface area contributed by atoms with E-state index in [1.807, 2.05) is 0 Å². The number of ether oxygens (including phenoxy) is 2. The van der Waals surface area contributed by atoms with Gasteiger partial charge in [0.05, 0.1) is 25.3 Å². The summed E-state index contributed by atoms with van der Waals surface area (Å²) < 4.78 is 126. The maximum atomic E-state index is 13.8. The van der Waals surface area contributed by atoms with E-state index in [9.17, 15) is 49.1 Å². The number of benzene rings is 1. The Morgan fingerprint density at radius 2 is 1.35 bits per heavy atom. The van der Waals surface area contributed by atoms with Crippen molar-refractivity contribution in [2.45, 2.75) is 36.8 Å². The van der Waals surface area contributed by atoms with Crippen LogP contribution in [0.15, 0.2) is 18.7 Å². The number of rotatable bonds is 8. The van der Waals surface area contributed by atoms with E-state index in [2.05, 4.69) is 16.1 Å². The van der Waals surface area contributed by atoms with Gasteiger partial charge in [0.1, 0.15) is 0 Å². The van der Waals surface area contributed by atoms with Crippen LogP contribution in [0, 0.1) is 0 Å². The van der Waals surface area contributed by atoms with E-state index in [1.54, 1.807) is 0 Å². The highest BCUT2D eigenvalue weighted by Gasteiger charge is 2.81. The molecule has 0 aromatic heterocycles. The molecule has 13 heteroatoms. The predicted octanol–water partition coefficient (Wildman–Crippen LogP) is 5.30. The Labute approximate surface area is 169 Å². The number of carbonyl (C=O) groups is 2. The Kier molecular flexibility index (Phi) is 7.46. The molecule has 1 rings (SSSR count). The number of hydrogen-bond acceptors (Lipinski definition) is 4. The third kappa shape index (κ3) is 4.79. The molecule has 0 amide bonds. The highest BCUT2D eigenvalue weighted by Crippen LogP contribution is 2.54. The van der Waals surface area contributed by atoms with Crippen molar-refractivity contribution < 1.29 is 58.6 Å². The standard InChI is InChI=1S/C18H15F9O4/c1-4-9-7-12(14(29)31-3)10(8-11(9)13(28)30-2)5-6-15(19,20)16(21,22)17(23,24)18(25,26)27/h4,7-8H,1,5-6H2,2-3H3. The quantitative estimate of drug-likeness (QED) is 0.385. The summed E-state index contributed by atoms with van der Waals surface area (Å²) in [5.74, 6) is -21.9. The Morgan fingerprint density at radius 3 is 1.77 bits per heavy atom. The van der Waals surface area contributed by atoms with Crippen LogP contribution in [0.4, 0.5) is 39.5 Å². The maximum absolute atomic E-state index is 13.8. The lowest BCUT2D eigenvalue weighted by atomic mass is 9.92.